The van der Waals surface area contributed by atoms with Gasteiger partial charge in [-0.05, 0) is 71.5 Å². The minimum Gasteiger partial charge on any atom is -0.461 e. The van der Waals surface area contributed by atoms with Crippen molar-refractivity contribution in [2.24, 2.45) is 17.1 Å². The number of aromatic nitrogens is 1. The summed E-state index contributed by atoms with van der Waals surface area (Å²) in [4.78, 5) is 29.1. The number of benzene rings is 1. The Morgan fingerprint density at radius 1 is 1.14 bits per heavy atom. The Hall–Kier alpha value is -2.76. The Bertz CT molecular complexity index is 1160. The molecular weight excluding hydrogens is 460 g/mol. The predicted molar refractivity (Wildman–Crippen MR) is 141 cm³/mol. The molecule has 1 aliphatic carbocycles. The fraction of sp³-hybridized carbons (Fsp3) is 0.414. The van der Waals surface area contributed by atoms with Crippen molar-refractivity contribution in [3.05, 3.63) is 76.1 Å². The second kappa shape index (κ2) is 11.3. The second-order valence-corrected chi connectivity index (χ2v) is 10.8. The molecule has 0 amide bonds. The molecule has 1 aliphatic rings. The molecule has 0 saturated heterocycles. The summed E-state index contributed by atoms with van der Waals surface area (Å²) < 4.78 is 5.60. The summed E-state index contributed by atoms with van der Waals surface area (Å²) in [6.45, 7) is 11.0. The van der Waals surface area contributed by atoms with E-state index in [1.807, 2.05) is 19.9 Å². The van der Waals surface area contributed by atoms with Crippen molar-refractivity contribution in [1.29, 1.82) is 0 Å². The van der Waals surface area contributed by atoms with Gasteiger partial charge < -0.3 is 10.5 Å². The average Bonchev–Trinajstić information content (AvgIpc) is 2.79. The number of rotatable bonds is 8. The summed E-state index contributed by atoms with van der Waals surface area (Å²) in [6.07, 6.45) is 6.84. The van der Waals surface area contributed by atoms with E-state index in [-0.39, 0.29) is 35.6 Å². The first-order valence-corrected chi connectivity index (χ1v) is 12.4. The van der Waals surface area contributed by atoms with Crippen LogP contribution in [0.25, 0.3) is 11.1 Å². The lowest BCUT2D eigenvalue weighted by Crippen LogP contribution is -2.19. The lowest BCUT2D eigenvalue weighted by atomic mass is 9.84. The highest BCUT2D eigenvalue weighted by Gasteiger charge is 2.24. The summed E-state index contributed by atoms with van der Waals surface area (Å²) in [7, 11) is 0. The molecule has 6 heteroatoms. The maximum Gasteiger partial charge on any atom is 0.310 e. The van der Waals surface area contributed by atoms with Gasteiger partial charge in [0.05, 0.1) is 12.3 Å². The number of carbonyl (C=O) groups excluding carboxylic acids is 2. The molecule has 186 valence electrons. The number of halogens is 1. The zero-order chi connectivity index (χ0) is 25.8. The smallest absolute Gasteiger partial charge is 0.310 e. The van der Waals surface area contributed by atoms with Gasteiger partial charge in [0, 0.05) is 17.9 Å². The molecule has 5 nitrogen and oxygen atoms in total. The molecule has 0 radical (unpaired) electrons. The molecule has 1 heterocycles. The number of ether oxygens (including phenoxy) is 1. The third-order valence-electron chi connectivity index (χ3n) is 6.12. The van der Waals surface area contributed by atoms with Gasteiger partial charge in [0.25, 0.3) is 0 Å². The lowest BCUT2D eigenvalue weighted by molar-refractivity contribution is -0.141. The van der Waals surface area contributed by atoms with Crippen molar-refractivity contribution < 1.29 is 14.3 Å². The van der Waals surface area contributed by atoms with Crippen LogP contribution in [-0.2, 0) is 33.7 Å². The van der Waals surface area contributed by atoms with Gasteiger partial charge in [-0.1, -0.05) is 68.8 Å². The predicted octanol–water partition coefficient (Wildman–Crippen LogP) is 5.77. The zero-order valence-electron chi connectivity index (χ0n) is 21.3. The minimum absolute atomic E-state index is 0.0443. The lowest BCUT2D eigenvalue weighted by Gasteiger charge is -2.24. The van der Waals surface area contributed by atoms with Crippen molar-refractivity contribution in [2.75, 3.05) is 6.61 Å². The molecule has 0 fully saturated rings. The first-order valence-electron chi connectivity index (χ1n) is 12.0. The molecule has 1 atom stereocenters. The molecular formula is C29H35ClN2O3. The largest absolute Gasteiger partial charge is 0.461 e. The van der Waals surface area contributed by atoms with E-state index in [2.05, 4.69) is 45.0 Å². The second-order valence-electron chi connectivity index (χ2n) is 10.4. The van der Waals surface area contributed by atoms with Gasteiger partial charge in [0.1, 0.15) is 6.61 Å². The fourth-order valence-corrected chi connectivity index (χ4v) is 4.46. The average molecular weight is 495 g/mol. The number of aryl methyl sites for hydroxylation is 2. The monoisotopic (exact) mass is 494 g/mol. The molecule has 2 N–H and O–H groups in total. The molecule has 0 bridgehead atoms. The normalized spacial score (nSPS) is 15.6. The van der Waals surface area contributed by atoms with E-state index < -0.39 is 0 Å². The van der Waals surface area contributed by atoms with Gasteiger partial charge in [-0.2, -0.15) is 0 Å². The van der Waals surface area contributed by atoms with Crippen LogP contribution in [0.1, 0.15) is 55.3 Å². The van der Waals surface area contributed by atoms with Gasteiger partial charge in [-0.25, -0.2) is 0 Å². The summed E-state index contributed by atoms with van der Waals surface area (Å²) in [5.41, 5.74) is 14.0. The van der Waals surface area contributed by atoms with E-state index in [1.54, 1.807) is 12.2 Å². The molecule has 1 aromatic heterocycles. The van der Waals surface area contributed by atoms with E-state index in [4.69, 9.17) is 27.1 Å². The van der Waals surface area contributed by atoms with Crippen LogP contribution >= 0.6 is 11.6 Å². The van der Waals surface area contributed by atoms with Gasteiger partial charge in [-0.3, -0.25) is 14.6 Å². The Morgan fingerprint density at radius 2 is 1.83 bits per heavy atom. The molecule has 3 rings (SSSR count). The topological polar surface area (TPSA) is 82.3 Å². The minimum atomic E-state index is -0.384. The quantitative estimate of drug-likeness (QED) is 0.372. The molecule has 1 unspecified atom stereocenters. The molecule has 2 aromatic rings. The first-order chi connectivity index (χ1) is 16.5. The number of nitrogens with zero attached hydrogens (tertiary/aromatic N) is 1. The molecule has 0 saturated carbocycles. The molecule has 0 spiro atoms. The van der Waals surface area contributed by atoms with Crippen molar-refractivity contribution in [3.63, 3.8) is 0 Å². The van der Waals surface area contributed by atoms with Crippen molar-refractivity contribution in [1.82, 2.24) is 4.98 Å². The SMILES string of the molecule is Cc1ccc(-c2c(CC(=O)OCC3=CCC(C(=O)Cl)C=C3)c(C)nc(CC(C)(C)C)c2CN)cc1. The van der Waals surface area contributed by atoms with Gasteiger partial charge in [-0.15, -0.1) is 0 Å². The van der Waals surface area contributed by atoms with Gasteiger partial charge in [0.15, 0.2) is 0 Å². The highest BCUT2D eigenvalue weighted by Crippen LogP contribution is 2.34. The number of hydrogen-bond donors (Lipinski definition) is 1. The van der Waals surface area contributed by atoms with Crippen molar-refractivity contribution >= 4 is 22.8 Å². The Kier molecular flexibility index (Phi) is 8.68. The molecule has 0 aliphatic heterocycles. The van der Waals surface area contributed by atoms with Crippen LogP contribution in [0, 0.1) is 25.2 Å². The number of allylic oxidation sites excluding steroid dienone is 2. The number of pyridine rings is 1. The first kappa shape index (κ1) is 26.8. The highest BCUT2D eigenvalue weighted by molar-refractivity contribution is 6.64. The Morgan fingerprint density at radius 3 is 2.37 bits per heavy atom. The number of hydrogen-bond acceptors (Lipinski definition) is 5. The van der Waals surface area contributed by atoms with Gasteiger partial charge in [0.2, 0.25) is 5.24 Å². The van der Waals surface area contributed by atoms with Gasteiger partial charge >= 0.3 is 5.97 Å². The van der Waals surface area contributed by atoms with E-state index in [9.17, 15) is 9.59 Å². The Labute approximate surface area is 213 Å². The summed E-state index contributed by atoms with van der Waals surface area (Å²) >= 11 is 5.56. The van der Waals surface area contributed by atoms with Crippen LogP contribution in [0.15, 0.2) is 48.1 Å². The summed E-state index contributed by atoms with van der Waals surface area (Å²) in [5.74, 6) is -0.650. The maximum atomic E-state index is 12.9. The highest BCUT2D eigenvalue weighted by atomic mass is 35.5. The van der Waals surface area contributed by atoms with Crippen molar-refractivity contribution in [3.8, 4) is 11.1 Å². The van der Waals surface area contributed by atoms with E-state index in [0.717, 1.165) is 51.2 Å². The Balaban J connectivity index is 1.90. The van der Waals surface area contributed by atoms with E-state index in [0.29, 0.717) is 13.0 Å². The number of carbonyl (C=O) groups is 2. The van der Waals surface area contributed by atoms with Crippen LogP contribution in [0.3, 0.4) is 0 Å². The van der Waals surface area contributed by atoms with Crippen LogP contribution in [0.2, 0.25) is 0 Å². The summed E-state index contributed by atoms with van der Waals surface area (Å²) in [6, 6.07) is 8.28. The van der Waals surface area contributed by atoms with Crippen molar-refractivity contribution in [2.45, 2.75) is 60.4 Å². The third kappa shape index (κ3) is 7.12. The molecule has 35 heavy (non-hydrogen) atoms. The maximum absolute atomic E-state index is 12.9. The summed E-state index contributed by atoms with van der Waals surface area (Å²) in [5, 5.41) is -0.384. The van der Waals surface area contributed by atoms with E-state index >= 15 is 0 Å². The van der Waals surface area contributed by atoms with Crippen LogP contribution in [0.4, 0.5) is 0 Å². The zero-order valence-corrected chi connectivity index (χ0v) is 22.0. The van der Waals surface area contributed by atoms with Crippen LogP contribution in [0.5, 0.6) is 0 Å². The van der Waals surface area contributed by atoms with Crippen LogP contribution in [-0.4, -0.2) is 22.8 Å². The van der Waals surface area contributed by atoms with E-state index in [1.165, 1.54) is 0 Å². The van der Waals surface area contributed by atoms with Crippen LogP contribution < -0.4 is 5.73 Å². The fourth-order valence-electron chi connectivity index (χ4n) is 4.30. The number of esters is 1. The standard InChI is InChI=1S/C29H35ClN2O3/c1-18-6-10-21(11-7-18)27-23(19(2)32-25(24(27)16-31)15-29(3,4)5)14-26(33)35-17-20-8-12-22(13-9-20)28(30)34/h6-12,22H,13-17,31H2,1-5H3. The number of nitrogens with two attached hydrogens (primary N) is 1. The third-order valence-corrected chi connectivity index (χ3v) is 6.40. The molecule has 1 aromatic carbocycles.